The average Bonchev–Trinajstić information content (AvgIpc) is 3.59. The molecule has 8 heteroatoms. The van der Waals surface area contributed by atoms with E-state index in [2.05, 4.69) is 72.4 Å². The van der Waals surface area contributed by atoms with Gasteiger partial charge in [0.15, 0.2) is 6.79 Å². The first-order valence-electron chi connectivity index (χ1n) is 11.2. The fraction of sp³-hybridized carbons (Fsp3) is 0.500. The third kappa shape index (κ3) is 6.31. The second kappa shape index (κ2) is 11.1. The van der Waals surface area contributed by atoms with Gasteiger partial charge in [-0.1, -0.05) is 6.07 Å². The van der Waals surface area contributed by atoms with Crippen molar-refractivity contribution in [3.8, 4) is 17.0 Å². The highest BCUT2D eigenvalue weighted by Crippen LogP contribution is 2.46. The van der Waals surface area contributed by atoms with Gasteiger partial charge in [0.2, 0.25) is 0 Å². The van der Waals surface area contributed by atoms with Crippen LogP contribution < -0.4 is 10.1 Å². The number of aromatic nitrogens is 2. The molecular formula is C24H30Br2N4O2. The zero-order valence-corrected chi connectivity index (χ0v) is 21.8. The van der Waals surface area contributed by atoms with Crippen molar-refractivity contribution < 1.29 is 9.47 Å². The molecule has 1 N–H and O–H groups in total. The van der Waals surface area contributed by atoms with Crippen LogP contribution in [0.25, 0.3) is 17.3 Å². The van der Waals surface area contributed by atoms with Crippen LogP contribution in [-0.4, -0.2) is 54.7 Å². The highest BCUT2D eigenvalue weighted by atomic mass is 79.9. The second-order valence-electron chi connectivity index (χ2n) is 8.50. The van der Waals surface area contributed by atoms with E-state index in [1.54, 1.807) is 0 Å². The van der Waals surface area contributed by atoms with Crippen LogP contribution in [0.3, 0.4) is 0 Å². The predicted molar refractivity (Wildman–Crippen MR) is 137 cm³/mol. The summed E-state index contributed by atoms with van der Waals surface area (Å²) >= 11 is 6.87. The maximum atomic E-state index is 6.00. The van der Waals surface area contributed by atoms with E-state index in [4.69, 9.17) is 14.6 Å². The van der Waals surface area contributed by atoms with Gasteiger partial charge in [0.1, 0.15) is 17.3 Å². The van der Waals surface area contributed by atoms with Gasteiger partial charge in [-0.15, -0.1) is 10.2 Å². The minimum atomic E-state index is 0.202. The summed E-state index contributed by atoms with van der Waals surface area (Å²) in [4.78, 5) is 2.37. The number of halogens is 2. The largest absolute Gasteiger partial charge is 0.467 e. The van der Waals surface area contributed by atoms with Crippen LogP contribution in [0.2, 0.25) is 0 Å². The molecule has 32 heavy (non-hydrogen) atoms. The van der Waals surface area contributed by atoms with E-state index in [0.717, 1.165) is 44.9 Å². The molecule has 1 atom stereocenters. The van der Waals surface area contributed by atoms with Gasteiger partial charge in [-0.2, -0.15) is 0 Å². The minimum Gasteiger partial charge on any atom is -0.467 e. The summed E-state index contributed by atoms with van der Waals surface area (Å²) in [5.74, 6) is 2.15. The normalized spacial score (nSPS) is 18.9. The summed E-state index contributed by atoms with van der Waals surface area (Å²) in [7, 11) is 2.18. The molecule has 0 unspecified atom stereocenters. The molecule has 1 aliphatic carbocycles. The summed E-state index contributed by atoms with van der Waals surface area (Å²) < 4.78 is 12.3. The van der Waals surface area contributed by atoms with Gasteiger partial charge in [-0.05, 0) is 119 Å². The Kier molecular flexibility index (Phi) is 8.21. The lowest BCUT2D eigenvalue weighted by molar-refractivity contribution is 0.0227. The monoisotopic (exact) mass is 564 g/mol. The maximum absolute atomic E-state index is 6.00. The molecule has 1 aliphatic heterocycles. The van der Waals surface area contributed by atoms with E-state index < -0.39 is 0 Å². The van der Waals surface area contributed by atoms with Crippen LogP contribution >= 0.6 is 31.9 Å². The second-order valence-corrected chi connectivity index (χ2v) is 11.3. The lowest BCUT2D eigenvalue weighted by Crippen LogP contribution is -2.39. The number of likely N-dealkylation sites (N-methyl/N-ethyl adjacent to an activating group) is 1. The third-order valence-corrected chi connectivity index (χ3v) is 6.31. The van der Waals surface area contributed by atoms with Crippen molar-refractivity contribution in [3.63, 3.8) is 0 Å². The summed E-state index contributed by atoms with van der Waals surface area (Å²) in [6.07, 6.45) is 6.74. The quantitative estimate of drug-likeness (QED) is 0.298. The predicted octanol–water partition coefficient (Wildman–Crippen LogP) is 5.99. The van der Waals surface area contributed by atoms with Crippen LogP contribution in [0.4, 0.5) is 5.82 Å². The Balaban J connectivity index is 1.64. The molecular weight excluding hydrogens is 536 g/mol. The maximum Gasteiger partial charge on any atom is 0.189 e. The van der Waals surface area contributed by atoms with Crippen molar-refractivity contribution in [1.29, 1.82) is 0 Å². The zero-order chi connectivity index (χ0) is 22.5. The van der Waals surface area contributed by atoms with Crippen molar-refractivity contribution in [2.75, 3.05) is 38.9 Å². The molecule has 1 saturated carbocycles. The van der Waals surface area contributed by atoms with Crippen LogP contribution in [-0.2, 0) is 4.74 Å². The van der Waals surface area contributed by atoms with Gasteiger partial charge in [0.05, 0.1) is 3.39 Å². The van der Waals surface area contributed by atoms with Gasteiger partial charge in [-0.25, -0.2) is 0 Å². The summed E-state index contributed by atoms with van der Waals surface area (Å²) in [6.45, 7) is 4.96. The van der Waals surface area contributed by atoms with Gasteiger partial charge in [-0.3, -0.25) is 0 Å². The topological polar surface area (TPSA) is 59.5 Å². The number of rotatable bonds is 9. The van der Waals surface area contributed by atoms with Crippen LogP contribution in [0, 0.1) is 0 Å². The number of ether oxygens (including phenoxy) is 2. The Morgan fingerprint density at radius 1 is 1.22 bits per heavy atom. The van der Waals surface area contributed by atoms with Crippen molar-refractivity contribution in [3.05, 3.63) is 38.8 Å². The Bertz CT molecular complexity index is 961. The summed E-state index contributed by atoms with van der Waals surface area (Å²) in [5, 5.41) is 12.9. The summed E-state index contributed by atoms with van der Waals surface area (Å²) in [6, 6.07) is 8.76. The van der Waals surface area contributed by atoms with E-state index in [9.17, 15) is 0 Å². The van der Waals surface area contributed by atoms with Crippen molar-refractivity contribution in [2.45, 2.75) is 44.6 Å². The number of anilines is 1. The molecule has 1 aromatic heterocycles. The first kappa shape index (κ1) is 23.7. The van der Waals surface area contributed by atoms with Crippen molar-refractivity contribution in [2.24, 2.45) is 0 Å². The zero-order valence-electron chi connectivity index (χ0n) is 18.6. The van der Waals surface area contributed by atoms with Gasteiger partial charge < -0.3 is 19.7 Å². The molecule has 1 aromatic carbocycles. The highest BCUT2D eigenvalue weighted by Gasteiger charge is 2.29. The Morgan fingerprint density at radius 3 is 2.78 bits per heavy atom. The fourth-order valence-corrected chi connectivity index (χ4v) is 4.67. The standard InChI is InChI=1S/C24H30Br2N4O2/c1-3-31-15-32-21-11-16(12-22(25)26)6-9-19(21)24-20(17-7-8-17)13-23(28-29-24)27-18-5-4-10-30(2)14-18/h6,9,11-13,17-18H,3-5,7-8,10,14-15H2,1-2H3,(H,27,28)/t18-/m1/s1. The van der Waals surface area contributed by atoms with Crippen LogP contribution in [0.15, 0.2) is 27.7 Å². The first-order valence-corrected chi connectivity index (χ1v) is 12.8. The number of nitrogens with one attached hydrogen (secondary N) is 1. The molecule has 1 saturated heterocycles. The highest BCUT2D eigenvalue weighted by molar-refractivity contribution is 9.28. The van der Waals surface area contributed by atoms with Gasteiger partial charge >= 0.3 is 0 Å². The van der Waals surface area contributed by atoms with Crippen LogP contribution in [0.5, 0.6) is 5.75 Å². The lowest BCUT2D eigenvalue weighted by atomic mass is 10.0. The Labute approximate surface area is 207 Å². The number of hydrogen-bond acceptors (Lipinski definition) is 6. The molecule has 6 nitrogen and oxygen atoms in total. The number of nitrogens with zero attached hydrogens (tertiary/aromatic N) is 3. The lowest BCUT2D eigenvalue weighted by Gasteiger charge is -2.30. The number of piperidine rings is 1. The van der Waals surface area contributed by atoms with E-state index in [0.29, 0.717) is 18.6 Å². The molecule has 2 aliphatic rings. The SMILES string of the molecule is CCOCOc1cc(C=C(Br)Br)ccc1-c1nnc(N[C@@H]2CCCN(C)C2)cc1C1CC1. The molecule has 2 fully saturated rings. The molecule has 0 bridgehead atoms. The first-order chi connectivity index (χ1) is 15.5. The van der Waals surface area contributed by atoms with E-state index in [1.807, 2.05) is 19.1 Å². The molecule has 0 radical (unpaired) electrons. The average molecular weight is 566 g/mol. The molecule has 2 aromatic rings. The number of hydrogen-bond donors (Lipinski definition) is 1. The number of benzene rings is 1. The smallest absolute Gasteiger partial charge is 0.189 e. The fourth-order valence-electron chi connectivity index (χ4n) is 4.14. The Morgan fingerprint density at radius 2 is 2.06 bits per heavy atom. The van der Waals surface area contributed by atoms with E-state index in [-0.39, 0.29) is 6.79 Å². The molecule has 0 spiro atoms. The molecule has 0 amide bonds. The Hall–Kier alpha value is -1.48. The van der Waals surface area contributed by atoms with Crippen molar-refractivity contribution in [1.82, 2.24) is 15.1 Å². The minimum absolute atomic E-state index is 0.202. The van der Waals surface area contributed by atoms with Crippen molar-refractivity contribution >= 4 is 43.8 Å². The van der Waals surface area contributed by atoms with Gasteiger partial charge in [0, 0.05) is 24.8 Å². The summed E-state index contributed by atoms with van der Waals surface area (Å²) in [5.41, 5.74) is 4.12. The molecule has 4 rings (SSSR count). The van der Waals surface area contributed by atoms with E-state index in [1.165, 1.54) is 31.2 Å². The van der Waals surface area contributed by atoms with E-state index >= 15 is 0 Å². The molecule has 172 valence electrons. The van der Waals surface area contributed by atoms with Crippen LogP contribution in [0.1, 0.15) is 49.7 Å². The third-order valence-electron chi connectivity index (χ3n) is 5.86. The number of likely N-dealkylation sites (tertiary alicyclic amines) is 1. The van der Waals surface area contributed by atoms with Gasteiger partial charge in [0.25, 0.3) is 0 Å². The molecule has 2 heterocycles.